The summed E-state index contributed by atoms with van der Waals surface area (Å²) in [5.74, 6) is -2.38. The fourth-order valence-electron chi connectivity index (χ4n) is 3.63. The van der Waals surface area contributed by atoms with Crippen molar-refractivity contribution >= 4 is 98.3 Å². The maximum absolute atomic E-state index is 11.7. The summed E-state index contributed by atoms with van der Waals surface area (Å²) in [7, 11) is 1.75. The molecule has 0 atom stereocenters. The highest BCUT2D eigenvalue weighted by Crippen LogP contribution is 2.49. The van der Waals surface area contributed by atoms with Crippen molar-refractivity contribution in [3.05, 3.63) is 36.4 Å². The van der Waals surface area contributed by atoms with Crippen LogP contribution in [-0.2, 0) is 32.8 Å². The zero-order valence-electron chi connectivity index (χ0n) is 16.8. The first-order valence-corrected chi connectivity index (χ1v) is 15.6. The van der Waals surface area contributed by atoms with E-state index in [2.05, 4.69) is 0 Å². The zero-order chi connectivity index (χ0) is 25.9. The van der Waals surface area contributed by atoms with Crippen LogP contribution in [0.4, 0.5) is 0 Å². The molecular formula is C18H9Cl3O11S3. The van der Waals surface area contributed by atoms with E-state index in [-0.39, 0.29) is 43.8 Å². The third kappa shape index (κ3) is 5.52. The van der Waals surface area contributed by atoms with Crippen LogP contribution in [0, 0.1) is 0 Å². The lowest BCUT2D eigenvalue weighted by atomic mass is 9.92. The molecule has 11 nitrogen and oxygen atoms in total. The summed E-state index contributed by atoms with van der Waals surface area (Å²) < 4.78 is 89.3. The zero-order valence-corrected chi connectivity index (χ0v) is 21.5. The van der Waals surface area contributed by atoms with Gasteiger partial charge in [0.25, 0.3) is 0 Å². The van der Waals surface area contributed by atoms with Crippen LogP contribution in [0.15, 0.2) is 36.4 Å². The molecule has 0 aromatic heterocycles. The van der Waals surface area contributed by atoms with Gasteiger partial charge in [0.2, 0.25) is 0 Å². The lowest BCUT2D eigenvalue weighted by Gasteiger charge is -2.18. The largest absolute Gasteiger partial charge is 0.426 e. The number of rotatable bonds is 7. The molecule has 0 spiro atoms. The van der Waals surface area contributed by atoms with Gasteiger partial charge in [0.05, 0.1) is 32.0 Å². The van der Waals surface area contributed by atoms with Crippen molar-refractivity contribution in [1.82, 2.24) is 0 Å². The summed E-state index contributed by atoms with van der Waals surface area (Å²) in [6.07, 6.45) is 0. The average Bonchev–Trinajstić information content (AvgIpc) is 2.66. The van der Waals surface area contributed by atoms with E-state index in [0.29, 0.717) is 0 Å². The van der Waals surface area contributed by atoms with Gasteiger partial charge >= 0.3 is 34.0 Å². The summed E-state index contributed by atoms with van der Waals surface area (Å²) in [5.41, 5.74) is 0. The Bertz CT molecular complexity index is 1850. The van der Waals surface area contributed by atoms with E-state index in [1.54, 1.807) is 0 Å². The minimum absolute atomic E-state index is 0.0280. The van der Waals surface area contributed by atoms with Crippen molar-refractivity contribution in [2.24, 2.45) is 0 Å². The van der Waals surface area contributed by atoms with Crippen molar-refractivity contribution in [2.45, 2.75) is 6.92 Å². The van der Waals surface area contributed by atoms with E-state index < -0.39 is 45.5 Å². The highest BCUT2D eigenvalue weighted by Gasteiger charge is 2.26. The standard InChI is InChI=1S/C18H9Cl3O11S3/c1-8(22)29-13-7-14(30-33(19,23)24)11-4-5-12-16-9(2-3-10(13)17(11)16)6-15(31-34(20,25)26)18(12)32-35(21,27)28/h2-7H,1H3. The molecule has 0 heterocycles. The molecule has 186 valence electrons. The van der Waals surface area contributed by atoms with E-state index >= 15 is 0 Å². The second-order valence-corrected chi connectivity index (χ2v) is 13.1. The Hall–Kier alpha value is -2.49. The van der Waals surface area contributed by atoms with Crippen LogP contribution in [-0.4, -0.2) is 31.2 Å². The summed E-state index contributed by atoms with van der Waals surface area (Å²) in [4.78, 5) is 11.7. The van der Waals surface area contributed by atoms with Crippen molar-refractivity contribution in [3.8, 4) is 23.0 Å². The molecule has 0 fully saturated rings. The third-order valence-corrected chi connectivity index (χ3v) is 6.25. The van der Waals surface area contributed by atoms with Crippen molar-refractivity contribution in [3.63, 3.8) is 0 Å². The SMILES string of the molecule is CC(=O)Oc1cc(OS(=O)(=O)Cl)c2ccc3c(OS(=O)(=O)Cl)c(OS(=O)(=O)Cl)cc4ccc1c2c43. The number of esters is 1. The van der Waals surface area contributed by atoms with Crippen molar-refractivity contribution in [1.29, 1.82) is 0 Å². The first-order valence-electron chi connectivity index (χ1n) is 8.91. The van der Waals surface area contributed by atoms with Gasteiger partial charge < -0.3 is 17.3 Å². The number of carbonyl (C=O) groups is 1. The highest BCUT2D eigenvalue weighted by molar-refractivity contribution is 8.10. The van der Waals surface area contributed by atoms with E-state index in [1.165, 1.54) is 24.3 Å². The molecule has 4 rings (SSSR count). The number of halogens is 3. The van der Waals surface area contributed by atoms with Gasteiger partial charge in [0.1, 0.15) is 5.75 Å². The summed E-state index contributed by atoms with van der Waals surface area (Å²) >= 11 is 0. The van der Waals surface area contributed by atoms with Crippen LogP contribution in [0.2, 0.25) is 0 Å². The third-order valence-electron chi connectivity index (χ3n) is 4.56. The highest BCUT2D eigenvalue weighted by atomic mass is 35.7. The Labute approximate surface area is 211 Å². The van der Waals surface area contributed by atoms with E-state index in [1.807, 2.05) is 0 Å². The summed E-state index contributed by atoms with van der Waals surface area (Å²) in [6.45, 7) is 1.12. The Morgan fingerprint density at radius 3 is 1.74 bits per heavy atom. The minimum atomic E-state index is -4.72. The van der Waals surface area contributed by atoms with Gasteiger partial charge in [-0.15, -0.1) is 0 Å². The molecule has 0 unspecified atom stereocenters. The number of ether oxygens (including phenoxy) is 1. The number of benzene rings is 4. The van der Waals surface area contributed by atoms with Crippen LogP contribution in [0.1, 0.15) is 6.92 Å². The van der Waals surface area contributed by atoms with Gasteiger partial charge in [-0.05, 0) is 29.7 Å². The lowest BCUT2D eigenvalue weighted by Crippen LogP contribution is -2.07. The quantitative estimate of drug-likeness (QED) is 0.130. The second kappa shape index (κ2) is 8.57. The van der Waals surface area contributed by atoms with Crippen LogP contribution >= 0.6 is 32.0 Å². The fourth-order valence-corrected chi connectivity index (χ4v) is 5.28. The molecule has 0 saturated carbocycles. The molecule has 0 aliphatic carbocycles. The Morgan fingerprint density at radius 2 is 1.17 bits per heavy atom. The van der Waals surface area contributed by atoms with Gasteiger partial charge in [-0.2, -0.15) is 25.3 Å². The van der Waals surface area contributed by atoms with Gasteiger partial charge in [0, 0.05) is 39.9 Å². The smallest absolute Gasteiger partial charge is 0.401 e. The first-order chi connectivity index (χ1) is 16.0. The Kier molecular flexibility index (Phi) is 6.27. The summed E-state index contributed by atoms with van der Waals surface area (Å²) in [6, 6.07) is 7.79. The molecule has 17 heteroatoms. The Balaban J connectivity index is 2.21. The molecule has 0 saturated heterocycles. The number of hydrogen-bond donors (Lipinski definition) is 0. The van der Waals surface area contributed by atoms with Crippen LogP contribution in [0.25, 0.3) is 32.3 Å². The van der Waals surface area contributed by atoms with Crippen LogP contribution in [0.3, 0.4) is 0 Å². The molecule has 0 bridgehead atoms. The molecular weight excluding hydrogens is 595 g/mol. The monoisotopic (exact) mass is 602 g/mol. The normalized spacial score (nSPS) is 12.8. The maximum Gasteiger partial charge on any atom is 0.401 e. The van der Waals surface area contributed by atoms with Crippen molar-refractivity contribution < 1.29 is 47.3 Å². The maximum atomic E-state index is 11.7. The molecule has 35 heavy (non-hydrogen) atoms. The molecule has 0 aliphatic heterocycles. The predicted octanol–water partition coefficient (Wildman–Crippen LogP) is 4.10. The topological polar surface area (TPSA) is 156 Å². The fraction of sp³-hybridized carbons (Fsp3) is 0.0556. The lowest BCUT2D eigenvalue weighted by molar-refractivity contribution is -0.131. The van der Waals surface area contributed by atoms with Gasteiger partial charge in [-0.1, -0.05) is 6.07 Å². The molecule has 0 radical (unpaired) electrons. The Morgan fingerprint density at radius 1 is 0.657 bits per heavy atom. The molecule has 4 aromatic rings. The van der Waals surface area contributed by atoms with Crippen LogP contribution < -0.4 is 17.3 Å². The molecule has 0 amide bonds. The van der Waals surface area contributed by atoms with Gasteiger partial charge in [-0.25, -0.2) is 0 Å². The van der Waals surface area contributed by atoms with E-state index in [0.717, 1.165) is 19.1 Å². The second-order valence-electron chi connectivity index (χ2n) is 6.85. The van der Waals surface area contributed by atoms with E-state index in [4.69, 9.17) is 49.3 Å². The minimum Gasteiger partial charge on any atom is -0.426 e. The molecule has 0 N–H and O–H groups in total. The predicted molar refractivity (Wildman–Crippen MR) is 128 cm³/mol. The van der Waals surface area contributed by atoms with Crippen molar-refractivity contribution in [2.75, 3.05) is 0 Å². The van der Waals surface area contributed by atoms with Gasteiger partial charge in [0.15, 0.2) is 17.2 Å². The molecule has 0 aliphatic rings. The summed E-state index contributed by atoms with van der Waals surface area (Å²) in [5, 5.41) is 1.14. The van der Waals surface area contributed by atoms with E-state index in [9.17, 15) is 30.0 Å². The number of hydrogen-bond acceptors (Lipinski definition) is 11. The number of carbonyl (C=O) groups excluding carboxylic acids is 1. The van der Waals surface area contributed by atoms with Gasteiger partial charge in [-0.3, -0.25) is 4.79 Å². The van der Waals surface area contributed by atoms with Crippen LogP contribution in [0.5, 0.6) is 23.0 Å². The average molecular weight is 604 g/mol. The molecule has 4 aromatic carbocycles. The first kappa shape index (κ1) is 25.6.